The van der Waals surface area contributed by atoms with Crippen LogP contribution < -0.4 is 5.32 Å². The Morgan fingerprint density at radius 1 is 1.48 bits per heavy atom. The van der Waals surface area contributed by atoms with Gasteiger partial charge in [-0.1, -0.05) is 25.5 Å². The van der Waals surface area contributed by atoms with E-state index in [0.717, 1.165) is 18.4 Å². The molecule has 0 saturated heterocycles. The zero-order valence-corrected chi connectivity index (χ0v) is 15.8. The van der Waals surface area contributed by atoms with E-state index in [0.29, 0.717) is 12.0 Å². The van der Waals surface area contributed by atoms with E-state index in [1.165, 1.54) is 0 Å². The molecule has 0 saturated carbocycles. The van der Waals surface area contributed by atoms with Crippen molar-refractivity contribution in [3.63, 3.8) is 0 Å². The second-order valence-corrected chi connectivity index (χ2v) is 6.79. The first-order valence-electron chi connectivity index (χ1n) is 7.34. The molecule has 0 fully saturated rings. The smallest absolute Gasteiger partial charge is 0.408 e. The minimum atomic E-state index is -0.890. The molecule has 126 valence electrons. The molecule has 0 aliphatic rings. The quantitative estimate of drug-likeness (QED) is 0.470. The Morgan fingerprint density at radius 3 is 2.65 bits per heavy atom. The van der Waals surface area contributed by atoms with Gasteiger partial charge >= 0.3 is 6.09 Å². The fourth-order valence-corrected chi connectivity index (χ4v) is 3.02. The number of carbonyl (C=O) groups is 1. The summed E-state index contributed by atoms with van der Waals surface area (Å²) >= 11 is 7.77. The molecule has 1 amide bonds. The number of nitrogens with zero attached hydrogens (tertiary/aromatic N) is 1. The number of aliphatic hydroxyl groups excluding tert-OH is 1. The standard InChI is InChI=1S/C16H20ClIN2O3/c1-2-3-15(18)23-16(22)20-13(14(21)9-17)8-11-4-6-12(10-19)7-5-11/h4-7,13-15,21H,2-3,8-9H2,1H3,(H,20,22)/t13-,14+,15?/m0/s1. The monoisotopic (exact) mass is 450 g/mol. The van der Waals surface area contributed by atoms with Crippen molar-refractivity contribution in [1.82, 2.24) is 5.32 Å². The number of nitrogens with one attached hydrogen (secondary N) is 1. The van der Waals surface area contributed by atoms with E-state index in [-0.39, 0.29) is 9.99 Å². The normalized spacial score (nSPS) is 14.4. The Kier molecular flexibility index (Phi) is 9.29. The van der Waals surface area contributed by atoms with Crippen molar-refractivity contribution >= 4 is 40.3 Å². The van der Waals surface area contributed by atoms with Crippen LogP contribution in [0.3, 0.4) is 0 Å². The molecule has 1 rings (SSSR count). The van der Waals surface area contributed by atoms with Crippen molar-refractivity contribution in [2.75, 3.05) is 5.88 Å². The number of hydrogen-bond acceptors (Lipinski definition) is 4. The van der Waals surface area contributed by atoms with Crippen LogP contribution in [0.5, 0.6) is 0 Å². The molecule has 0 aliphatic heterocycles. The van der Waals surface area contributed by atoms with Crippen LogP contribution in [0.4, 0.5) is 4.79 Å². The van der Waals surface area contributed by atoms with Gasteiger partial charge in [0.15, 0.2) is 4.11 Å². The highest BCUT2D eigenvalue weighted by molar-refractivity contribution is 14.1. The van der Waals surface area contributed by atoms with Crippen LogP contribution >= 0.6 is 34.2 Å². The Hall–Kier alpha value is -1.04. The lowest BCUT2D eigenvalue weighted by Crippen LogP contribution is -2.46. The largest absolute Gasteiger partial charge is 0.436 e. The van der Waals surface area contributed by atoms with Crippen molar-refractivity contribution in [3.05, 3.63) is 35.4 Å². The maximum absolute atomic E-state index is 11.9. The molecular formula is C16H20ClIN2O3. The van der Waals surface area contributed by atoms with Gasteiger partial charge < -0.3 is 15.2 Å². The van der Waals surface area contributed by atoms with E-state index in [1.54, 1.807) is 24.3 Å². The predicted molar refractivity (Wildman–Crippen MR) is 97.7 cm³/mol. The Morgan fingerprint density at radius 2 is 2.13 bits per heavy atom. The SMILES string of the molecule is CCCC(I)OC(=O)N[C@@H](Cc1ccc(C#N)cc1)[C@H](O)CCl. The topological polar surface area (TPSA) is 82.3 Å². The van der Waals surface area contributed by atoms with Gasteiger partial charge in [0.05, 0.1) is 29.7 Å². The second kappa shape index (κ2) is 10.7. The number of carbonyl (C=O) groups excluding carboxylic acids is 1. The molecule has 5 nitrogen and oxygen atoms in total. The number of hydrogen-bond donors (Lipinski definition) is 2. The number of rotatable bonds is 8. The average Bonchev–Trinajstić information content (AvgIpc) is 2.54. The molecule has 0 aliphatic carbocycles. The molecule has 0 bridgehead atoms. The van der Waals surface area contributed by atoms with E-state index in [2.05, 4.69) is 27.9 Å². The molecule has 0 spiro atoms. The average molecular weight is 451 g/mol. The molecule has 23 heavy (non-hydrogen) atoms. The molecule has 0 aromatic heterocycles. The number of ether oxygens (including phenoxy) is 1. The molecule has 0 radical (unpaired) electrons. The van der Waals surface area contributed by atoms with Gasteiger partial charge in [0.25, 0.3) is 0 Å². The maximum Gasteiger partial charge on any atom is 0.408 e. The van der Waals surface area contributed by atoms with Gasteiger partial charge in [0.2, 0.25) is 0 Å². The second-order valence-electron chi connectivity index (χ2n) is 5.09. The Labute approximate surface area is 155 Å². The third-order valence-corrected chi connectivity index (χ3v) is 4.41. The number of benzene rings is 1. The molecule has 1 unspecified atom stereocenters. The van der Waals surface area contributed by atoms with Crippen molar-refractivity contribution in [1.29, 1.82) is 5.26 Å². The summed E-state index contributed by atoms with van der Waals surface area (Å²) < 4.78 is 5.02. The Bertz CT molecular complexity index is 533. The summed E-state index contributed by atoms with van der Waals surface area (Å²) in [5.74, 6) is 0.00382. The summed E-state index contributed by atoms with van der Waals surface area (Å²) in [5.41, 5.74) is 1.45. The minimum absolute atomic E-state index is 0.00382. The number of aliphatic hydroxyl groups is 1. The van der Waals surface area contributed by atoms with Gasteiger partial charge in [-0.2, -0.15) is 5.26 Å². The van der Waals surface area contributed by atoms with Gasteiger partial charge in [-0.3, -0.25) is 0 Å². The first kappa shape index (κ1) is 20.0. The first-order chi connectivity index (χ1) is 11.0. The predicted octanol–water partition coefficient (Wildman–Crippen LogP) is 3.36. The van der Waals surface area contributed by atoms with Crippen molar-refractivity contribution < 1.29 is 14.6 Å². The van der Waals surface area contributed by atoms with Crippen LogP contribution in [0.25, 0.3) is 0 Å². The summed E-state index contributed by atoms with van der Waals surface area (Å²) in [4.78, 5) is 11.9. The third kappa shape index (κ3) is 7.38. The highest BCUT2D eigenvalue weighted by Crippen LogP contribution is 2.13. The van der Waals surface area contributed by atoms with Crippen LogP contribution in [0.15, 0.2) is 24.3 Å². The highest BCUT2D eigenvalue weighted by atomic mass is 127. The minimum Gasteiger partial charge on any atom is -0.436 e. The third-order valence-electron chi connectivity index (χ3n) is 3.22. The highest BCUT2D eigenvalue weighted by Gasteiger charge is 2.22. The zero-order chi connectivity index (χ0) is 17.2. The zero-order valence-electron chi connectivity index (χ0n) is 12.8. The van der Waals surface area contributed by atoms with Gasteiger partial charge in [-0.05, 0) is 53.1 Å². The summed E-state index contributed by atoms with van der Waals surface area (Å²) in [6.07, 6.45) is 0.625. The number of alkyl halides is 2. The van der Waals surface area contributed by atoms with Crippen LogP contribution in [0.1, 0.15) is 30.9 Å². The van der Waals surface area contributed by atoms with E-state index in [4.69, 9.17) is 21.6 Å². The van der Waals surface area contributed by atoms with Crippen molar-refractivity contribution in [2.24, 2.45) is 0 Å². The summed E-state index contributed by atoms with van der Waals surface area (Å²) in [7, 11) is 0. The number of halogens is 2. The van der Waals surface area contributed by atoms with Crippen LogP contribution in [-0.4, -0.2) is 33.3 Å². The van der Waals surface area contributed by atoms with E-state index >= 15 is 0 Å². The van der Waals surface area contributed by atoms with Crippen LogP contribution in [-0.2, 0) is 11.2 Å². The molecule has 1 aromatic carbocycles. The number of nitriles is 1. The maximum atomic E-state index is 11.9. The molecule has 0 heterocycles. The molecular weight excluding hydrogens is 431 g/mol. The fourth-order valence-electron chi connectivity index (χ4n) is 1.95. The van der Waals surface area contributed by atoms with Crippen LogP contribution in [0.2, 0.25) is 0 Å². The van der Waals surface area contributed by atoms with E-state index < -0.39 is 18.2 Å². The van der Waals surface area contributed by atoms with Gasteiger partial charge in [-0.25, -0.2) is 4.79 Å². The van der Waals surface area contributed by atoms with Crippen molar-refractivity contribution in [3.8, 4) is 6.07 Å². The summed E-state index contributed by atoms with van der Waals surface area (Å²) in [6, 6.07) is 8.46. The lowest BCUT2D eigenvalue weighted by atomic mass is 10.0. The van der Waals surface area contributed by atoms with E-state index in [1.807, 2.05) is 13.0 Å². The van der Waals surface area contributed by atoms with Crippen molar-refractivity contribution in [2.45, 2.75) is 42.4 Å². The lowest BCUT2D eigenvalue weighted by molar-refractivity contribution is 0.110. The molecule has 1 aromatic rings. The number of amides is 1. The summed E-state index contributed by atoms with van der Waals surface area (Å²) in [5, 5.41) is 21.5. The number of alkyl carbamates (subject to hydrolysis) is 1. The van der Waals surface area contributed by atoms with Gasteiger partial charge in [-0.15, -0.1) is 11.6 Å². The fraction of sp³-hybridized carbons (Fsp3) is 0.500. The molecule has 7 heteroatoms. The van der Waals surface area contributed by atoms with Gasteiger partial charge in [0, 0.05) is 0 Å². The summed E-state index contributed by atoms with van der Waals surface area (Å²) in [6.45, 7) is 2.01. The Balaban J connectivity index is 2.68. The molecule has 3 atom stereocenters. The van der Waals surface area contributed by atoms with E-state index in [9.17, 15) is 9.90 Å². The lowest BCUT2D eigenvalue weighted by Gasteiger charge is -2.23. The first-order valence-corrected chi connectivity index (χ1v) is 9.12. The molecule has 2 N–H and O–H groups in total. The van der Waals surface area contributed by atoms with Gasteiger partial charge in [0.1, 0.15) is 0 Å². The van der Waals surface area contributed by atoms with Crippen LogP contribution in [0, 0.1) is 11.3 Å².